The van der Waals surface area contributed by atoms with Crippen LogP contribution in [0.1, 0.15) is 58.8 Å². The number of amides is 2. The molecule has 1 N–H and O–H groups in total. The summed E-state index contributed by atoms with van der Waals surface area (Å²) in [5.74, 6) is 0.486. The Morgan fingerprint density at radius 1 is 1.21 bits per heavy atom. The van der Waals surface area contributed by atoms with E-state index in [1.54, 1.807) is 4.90 Å². The number of nitrogens with one attached hydrogen (secondary N) is 1. The number of carbonyl (C=O) groups excluding carboxylic acids is 2. The van der Waals surface area contributed by atoms with Gasteiger partial charge in [-0.05, 0) is 32.1 Å². The zero-order chi connectivity index (χ0) is 13.9. The van der Waals surface area contributed by atoms with Gasteiger partial charge in [0, 0.05) is 6.54 Å². The molecule has 0 bridgehead atoms. The van der Waals surface area contributed by atoms with E-state index in [1.807, 2.05) is 6.92 Å². The van der Waals surface area contributed by atoms with Gasteiger partial charge in [-0.2, -0.15) is 0 Å². The van der Waals surface area contributed by atoms with Gasteiger partial charge in [0.2, 0.25) is 11.8 Å². The van der Waals surface area contributed by atoms with Crippen molar-refractivity contribution in [3.8, 4) is 0 Å². The van der Waals surface area contributed by atoms with E-state index in [0.29, 0.717) is 5.92 Å². The molecule has 0 aromatic carbocycles. The predicted octanol–water partition coefficient (Wildman–Crippen LogP) is 2.08. The average molecular weight is 266 g/mol. The van der Waals surface area contributed by atoms with Crippen molar-refractivity contribution in [2.45, 2.75) is 64.3 Å². The number of hydrogen-bond acceptors (Lipinski definition) is 2. The summed E-state index contributed by atoms with van der Waals surface area (Å²) in [6, 6.07) is 0. The molecule has 108 valence electrons. The second-order valence-electron chi connectivity index (χ2n) is 6.17. The molecule has 1 heterocycles. The summed E-state index contributed by atoms with van der Waals surface area (Å²) in [7, 11) is 0. The molecule has 2 amide bonds. The molecule has 4 heteroatoms. The molecule has 1 aliphatic heterocycles. The molecule has 4 nitrogen and oxygen atoms in total. The molecule has 0 aromatic rings. The number of piperazine rings is 1. The highest BCUT2D eigenvalue weighted by Crippen LogP contribution is 2.41. The molecular formula is C15H26N2O2. The first kappa shape index (κ1) is 14.4. The van der Waals surface area contributed by atoms with Gasteiger partial charge in [-0.1, -0.05) is 32.6 Å². The van der Waals surface area contributed by atoms with Crippen LogP contribution in [0.3, 0.4) is 0 Å². The fourth-order valence-corrected chi connectivity index (χ4v) is 2.98. The van der Waals surface area contributed by atoms with Crippen LogP contribution in [0, 0.1) is 5.92 Å². The van der Waals surface area contributed by atoms with Crippen molar-refractivity contribution in [1.82, 2.24) is 10.2 Å². The Hall–Kier alpha value is -1.06. The van der Waals surface area contributed by atoms with E-state index in [0.717, 1.165) is 32.2 Å². The van der Waals surface area contributed by atoms with Crippen LogP contribution in [-0.2, 0) is 9.59 Å². The highest BCUT2D eigenvalue weighted by atomic mass is 16.2. The normalized spacial score (nSPS) is 27.6. The van der Waals surface area contributed by atoms with Gasteiger partial charge in [0.1, 0.15) is 5.54 Å². The monoisotopic (exact) mass is 266 g/mol. The molecule has 1 saturated heterocycles. The first-order valence-electron chi connectivity index (χ1n) is 7.68. The van der Waals surface area contributed by atoms with Gasteiger partial charge in [-0.15, -0.1) is 0 Å². The average Bonchev–Trinajstić information content (AvgIpc) is 3.19. The van der Waals surface area contributed by atoms with E-state index in [-0.39, 0.29) is 18.4 Å². The molecule has 1 unspecified atom stereocenters. The lowest BCUT2D eigenvalue weighted by Gasteiger charge is -2.40. The summed E-state index contributed by atoms with van der Waals surface area (Å²) < 4.78 is 0. The summed E-state index contributed by atoms with van der Waals surface area (Å²) >= 11 is 0. The molecule has 0 spiro atoms. The fraction of sp³-hybridized carbons (Fsp3) is 0.867. The lowest BCUT2D eigenvalue weighted by Crippen LogP contribution is -2.66. The maximum Gasteiger partial charge on any atom is 0.248 e. The minimum Gasteiger partial charge on any atom is -0.340 e. The third-order valence-electron chi connectivity index (χ3n) is 4.39. The molecule has 19 heavy (non-hydrogen) atoms. The zero-order valence-electron chi connectivity index (χ0n) is 12.2. The third-order valence-corrected chi connectivity index (χ3v) is 4.39. The smallest absolute Gasteiger partial charge is 0.248 e. The van der Waals surface area contributed by atoms with Crippen LogP contribution >= 0.6 is 0 Å². The summed E-state index contributed by atoms with van der Waals surface area (Å²) in [5, 5.41) is 2.92. The van der Waals surface area contributed by atoms with E-state index >= 15 is 0 Å². The van der Waals surface area contributed by atoms with Gasteiger partial charge in [0.05, 0.1) is 6.54 Å². The molecule has 2 rings (SSSR count). The van der Waals surface area contributed by atoms with Crippen molar-refractivity contribution in [2.75, 3.05) is 13.1 Å². The largest absolute Gasteiger partial charge is 0.340 e. The van der Waals surface area contributed by atoms with Crippen LogP contribution in [0.25, 0.3) is 0 Å². The molecule has 2 aliphatic rings. The Labute approximate surface area is 115 Å². The SMILES string of the molecule is CCCCCCCN1CC(=O)NC(C)(C2CC2)C1=O. The van der Waals surface area contributed by atoms with Crippen molar-refractivity contribution >= 4 is 11.8 Å². The Morgan fingerprint density at radius 3 is 2.53 bits per heavy atom. The van der Waals surface area contributed by atoms with E-state index in [1.165, 1.54) is 19.3 Å². The van der Waals surface area contributed by atoms with E-state index in [2.05, 4.69) is 12.2 Å². The highest BCUT2D eigenvalue weighted by Gasteiger charge is 2.52. The van der Waals surface area contributed by atoms with Gasteiger partial charge in [0.15, 0.2) is 0 Å². The van der Waals surface area contributed by atoms with Crippen LogP contribution < -0.4 is 5.32 Å². The summed E-state index contributed by atoms with van der Waals surface area (Å²) in [6.07, 6.45) is 8.00. The maximum absolute atomic E-state index is 12.5. The van der Waals surface area contributed by atoms with Gasteiger partial charge in [-0.25, -0.2) is 0 Å². The minimum absolute atomic E-state index is 0.00237. The second-order valence-corrected chi connectivity index (χ2v) is 6.17. The quantitative estimate of drug-likeness (QED) is 0.717. The van der Waals surface area contributed by atoms with Crippen molar-refractivity contribution in [3.05, 3.63) is 0 Å². The van der Waals surface area contributed by atoms with Crippen LogP contribution in [0.2, 0.25) is 0 Å². The topological polar surface area (TPSA) is 49.4 Å². The van der Waals surface area contributed by atoms with E-state index in [9.17, 15) is 9.59 Å². The van der Waals surface area contributed by atoms with Crippen LogP contribution in [-0.4, -0.2) is 35.3 Å². The second kappa shape index (κ2) is 5.93. The van der Waals surface area contributed by atoms with Gasteiger partial charge in [0.25, 0.3) is 0 Å². The minimum atomic E-state index is -0.626. The molecule has 1 saturated carbocycles. The summed E-state index contributed by atoms with van der Waals surface area (Å²) in [4.78, 5) is 26.1. The highest BCUT2D eigenvalue weighted by molar-refractivity contribution is 5.98. The van der Waals surface area contributed by atoms with Crippen LogP contribution in [0.4, 0.5) is 0 Å². The molecule has 1 aliphatic carbocycles. The molecule has 2 fully saturated rings. The lowest BCUT2D eigenvalue weighted by atomic mass is 9.91. The fourth-order valence-electron chi connectivity index (χ4n) is 2.98. The lowest BCUT2D eigenvalue weighted by molar-refractivity contribution is -0.150. The summed E-state index contributed by atoms with van der Waals surface area (Å²) in [5.41, 5.74) is -0.626. The van der Waals surface area contributed by atoms with Crippen molar-refractivity contribution in [2.24, 2.45) is 5.92 Å². The number of unbranched alkanes of at least 4 members (excludes halogenated alkanes) is 4. The third kappa shape index (κ3) is 3.28. The molecule has 0 radical (unpaired) electrons. The molecule has 1 atom stereocenters. The van der Waals surface area contributed by atoms with Gasteiger partial charge >= 0.3 is 0 Å². The number of nitrogens with zero attached hydrogens (tertiary/aromatic N) is 1. The Balaban J connectivity index is 1.85. The Kier molecular flexibility index (Phi) is 4.48. The number of rotatable bonds is 7. The first-order chi connectivity index (χ1) is 9.08. The van der Waals surface area contributed by atoms with Crippen molar-refractivity contribution in [3.63, 3.8) is 0 Å². The van der Waals surface area contributed by atoms with Crippen molar-refractivity contribution in [1.29, 1.82) is 0 Å². The van der Waals surface area contributed by atoms with E-state index in [4.69, 9.17) is 0 Å². The first-order valence-corrected chi connectivity index (χ1v) is 7.68. The zero-order valence-corrected chi connectivity index (χ0v) is 12.2. The Morgan fingerprint density at radius 2 is 1.89 bits per heavy atom. The summed E-state index contributed by atoms with van der Waals surface area (Å²) in [6.45, 7) is 5.07. The van der Waals surface area contributed by atoms with E-state index < -0.39 is 5.54 Å². The predicted molar refractivity (Wildman–Crippen MR) is 74.6 cm³/mol. The maximum atomic E-state index is 12.5. The van der Waals surface area contributed by atoms with Crippen LogP contribution in [0.5, 0.6) is 0 Å². The number of carbonyl (C=O) groups is 2. The van der Waals surface area contributed by atoms with Crippen LogP contribution in [0.15, 0.2) is 0 Å². The molecule has 0 aromatic heterocycles. The number of hydrogen-bond donors (Lipinski definition) is 1. The Bertz CT molecular complexity index is 352. The standard InChI is InChI=1S/C15H26N2O2/c1-3-4-5-6-7-10-17-11-13(18)16-15(2,14(17)19)12-8-9-12/h12H,3-11H2,1-2H3,(H,16,18). The van der Waals surface area contributed by atoms with Gasteiger partial charge in [-0.3, -0.25) is 9.59 Å². The molecular weight excluding hydrogens is 240 g/mol. The van der Waals surface area contributed by atoms with Crippen molar-refractivity contribution < 1.29 is 9.59 Å². The van der Waals surface area contributed by atoms with Gasteiger partial charge < -0.3 is 10.2 Å².